The van der Waals surface area contributed by atoms with E-state index in [1.165, 1.54) is 17.3 Å². The molecule has 2 aromatic carbocycles. The van der Waals surface area contributed by atoms with Crippen LogP contribution in [0.4, 0.5) is 0 Å². The second kappa shape index (κ2) is 9.56. The first-order valence-electron chi connectivity index (χ1n) is 9.55. The van der Waals surface area contributed by atoms with Gasteiger partial charge >= 0.3 is 0 Å². The van der Waals surface area contributed by atoms with Gasteiger partial charge in [0.1, 0.15) is 5.75 Å². The second-order valence-electron chi connectivity index (χ2n) is 6.61. The summed E-state index contributed by atoms with van der Waals surface area (Å²) in [5.41, 5.74) is 2.87. The average molecular weight is 408 g/mol. The van der Waals surface area contributed by atoms with Crippen LogP contribution in [-0.2, 0) is 13.0 Å². The van der Waals surface area contributed by atoms with Crippen LogP contribution in [0.2, 0.25) is 0 Å². The molecule has 0 unspecified atom stereocenters. The normalized spacial score (nSPS) is 11.8. The quantitative estimate of drug-likeness (QED) is 0.282. The molecule has 0 spiro atoms. The van der Waals surface area contributed by atoms with Crippen LogP contribution < -0.4 is 4.74 Å². The highest BCUT2D eigenvalue weighted by molar-refractivity contribution is 8.00. The number of rotatable bonds is 9. The molecule has 1 heterocycles. The van der Waals surface area contributed by atoms with Gasteiger partial charge in [-0.05, 0) is 43.2 Å². The Kier molecular flexibility index (Phi) is 6.88. The van der Waals surface area contributed by atoms with Gasteiger partial charge in [-0.2, -0.15) is 0 Å². The van der Waals surface area contributed by atoms with Crippen LogP contribution in [-0.4, -0.2) is 32.9 Å². The Hall–Kier alpha value is -2.86. The molecule has 0 aliphatic rings. The van der Waals surface area contributed by atoms with E-state index < -0.39 is 0 Å². The number of hydrogen-bond acceptors (Lipinski definition) is 5. The molecular formula is C23H25N3O2S. The molecule has 0 bridgehead atoms. The number of aryl methyl sites for hydroxylation is 1. The molecule has 0 aliphatic heterocycles. The molecule has 5 nitrogen and oxygen atoms in total. The zero-order chi connectivity index (χ0) is 20.8. The number of ether oxygens (including phenoxy) is 1. The summed E-state index contributed by atoms with van der Waals surface area (Å²) in [6, 6.07) is 15.5. The first kappa shape index (κ1) is 20.9. The van der Waals surface area contributed by atoms with Gasteiger partial charge in [-0.3, -0.25) is 9.36 Å². The van der Waals surface area contributed by atoms with Gasteiger partial charge in [0, 0.05) is 17.7 Å². The highest BCUT2D eigenvalue weighted by Gasteiger charge is 2.21. The van der Waals surface area contributed by atoms with E-state index in [1.807, 2.05) is 60.0 Å². The lowest BCUT2D eigenvalue weighted by Gasteiger charge is -2.12. The average Bonchev–Trinajstić information content (AvgIpc) is 3.15. The minimum atomic E-state index is -0.279. The lowest BCUT2D eigenvalue weighted by molar-refractivity contribution is 0.0994. The number of aromatic nitrogens is 3. The number of ketones is 1. The number of thioether (sulfide) groups is 1. The van der Waals surface area contributed by atoms with Crippen LogP contribution in [0, 0.1) is 0 Å². The molecule has 1 aromatic heterocycles. The van der Waals surface area contributed by atoms with Crippen molar-refractivity contribution < 1.29 is 9.53 Å². The number of nitrogens with zero attached hydrogens (tertiary/aromatic N) is 3. The van der Waals surface area contributed by atoms with Crippen LogP contribution in [0.5, 0.6) is 5.75 Å². The molecule has 3 rings (SSSR count). The van der Waals surface area contributed by atoms with E-state index in [0.29, 0.717) is 17.3 Å². The maximum absolute atomic E-state index is 12.9. The van der Waals surface area contributed by atoms with E-state index in [-0.39, 0.29) is 11.0 Å². The van der Waals surface area contributed by atoms with E-state index >= 15 is 0 Å². The van der Waals surface area contributed by atoms with Gasteiger partial charge in [-0.15, -0.1) is 16.8 Å². The molecule has 6 heteroatoms. The van der Waals surface area contributed by atoms with E-state index in [1.54, 1.807) is 13.2 Å². The smallest absolute Gasteiger partial charge is 0.192 e. The topological polar surface area (TPSA) is 57.0 Å². The number of allylic oxidation sites excluding steroid dienone is 1. The largest absolute Gasteiger partial charge is 0.497 e. The maximum Gasteiger partial charge on any atom is 0.192 e. The standard InChI is InChI=1S/C23H25N3O2S/c1-5-15-26-22(19-11-13-20(28-4)14-12-19)24-25-23(26)29-16(3)21(27)18-9-7-17(6-2)8-10-18/h5,7-14,16H,1,6,15H2,2-4H3/t16-/m1/s1. The summed E-state index contributed by atoms with van der Waals surface area (Å²) in [4.78, 5) is 12.9. The van der Waals surface area contributed by atoms with Crippen molar-refractivity contribution in [3.63, 3.8) is 0 Å². The van der Waals surface area contributed by atoms with Crippen molar-refractivity contribution in [2.75, 3.05) is 7.11 Å². The molecule has 0 saturated carbocycles. The first-order valence-corrected chi connectivity index (χ1v) is 10.4. The zero-order valence-corrected chi connectivity index (χ0v) is 17.8. The van der Waals surface area contributed by atoms with Crippen molar-refractivity contribution in [1.82, 2.24) is 14.8 Å². The Morgan fingerprint density at radius 3 is 2.45 bits per heavy atom. The molecule has 0 fully saturated rings. The fourth-order valence-electron chi connectivity index (χ4n) is 2.97. The highest BCUT2D eigenvalue weighted by Crippen LogP contribution is 2.29. The summed E-state index contributed by atoms with van der Waals surface area (Å²) in [7, 11) is 1.64. The van der Waals surface area contributed by atoms with Gasteiger partial charge in [0.25, 0.3) is 0 Å². The van der Waals surface area contributed by atoms with Crippen LogP contribution in [0.1, 0.15) is 29.8 Å². The monoisotopic (exact) mass is 407 g/mol. The SMILES string of the molecule is C=CCn1c(S[C@H](C)C(=O)c2ccc(CC)cc2)nnc1-c1ccc(OC)cc1. The third-order valence-electron chi connectivity index (χ3n) is 4.67. The summed E-state index contributed by atoms with van der Waals surface area (Å²) >= 11 is 1.41. The number of hydrogen-bond donors (Lipinski definition) is 0. The number of carbonyl (C=O) groups is 1. The third-order valence-corrected chi connectivity index (χ3v) is 5.76. The molecule has 0 aliphatic carbocycles. The molecule has 0 N–H and O–H groups in total. The van der Waals surface area contributed by atoms with Crippen LogP contribution in [0.15, 0.2) is 66.3 Å². The number of Topliss-reactive ketones (excluding diaryl/α,β-unsaturated/α-hetero) is 1. The molecule has 1 atom stereocenters. The van der Waals surface area contributed by atoms with Crippen molar-refractivity contribution in [3.05, 3.63) is 72.3 Å². The van der Waals surface area contributed by atoms with Gasteiger partial charge in [-0.25, -0.2) is 0 Å². The lowest BCUT2D eigenvalue weighted by Crippen LogP contribution is -2.15. The van der Waals surface area contributed by atoms with E-state index in [0.717, 1.165) is 23.6 Å². The van der Waals surface area contributed by atoms with Crippen molar-refractivity contribution >= 4 is 17.5 Å². The minimum Gasteiger partial charge on any atom is -0.497 e. The summed E-state index contributed by atoms with van der Waals surface area (Å²) in [6.45, 7) is 8.41. The summed E-state index contributed by atoms with van der Waals surface area (Å²) in [6.07, 6.45) is 2.76. The van der Waals surface area contributed by atoms with Crippen LogP contribution in [0.25, 0.3) is 11.4 Å². The van der Waals surface area contributed by atoms with E-state index in [4.69, 9.17) is 4.74 Å². The summed E-state index contributed by atoms with van der Waals surface area (Å²) < 4.78 is 7.20. The van der Waals surface area contributed by atoms with Crippen molar-refractivity contribution in [1.29, 1.82) is 0 Å². The van der Waals surface area contributed by atoms with Gasteiger partial charge in [0.05, 0.1) is 12.4 Å². The highest BCUT2D eigenvalue weighted by atomic mass is 32.2. The van der Waals surface area contributed by atoms with Crippen molar-refractivity contribution in [3.8, 4) is 17.1 Å². The molecular weight excluding hydrogens is 382 g/mol. The number of benzene rings is 2. The Morgan fingerprint density at radius 1 is 1.17 bits per heavy atom. The minimum absolute atomic E-state index is 0.0804. The van der Waals surface area contributed by atoms with E-state index in [2.05, 4.69) is 23.7 Å². The van der Waals surface area contributed by atoms with Gasteiger partial charge in [0.2, 0.25) is 0 Å². The number of carbonyl (C=O) groups excluding carboxylic acids is 1. The molecule has 3 aromatic rings. The molecule has 0 saturated heterocycles. The Morgan fingerprint density at radius 2 is 1.86 bits per heavy atom. The Labute approximate surface area is 175 Å². The Balaban J connectivity index is 1.82. The third kappa shape index (κ3) is 4.77. The predicted octanol–water partition coefficient (Wildman–Crippen LogP) is 5.07. The lowest BCUT2D eigenvalue weighted by atomic mass is 10.1. The molecule has 29 heavy (non-hydrogen) atoms. The zero-order valence-electron chi connectivity index (χ0n) is 17.0. The summed E-state index contributed by atoms with van der Waals surface area (Å²) in [5, 5.41) is 9.12. The van der Waals surface area contributed by atoms with Gasteiger partial charge in [-0.1, -0.05) is 49.0 Å². The second-order valence-corrected chi connectivity index (χ2v) is 7.92. The molecule has 0 radical (unpaired) electrons. The fourth-order valence-corrected chi connectivity index (χ4v) is 3.91. The van der Waals surface area contributed by atoms with Gasteiger partial charge < -0.3 is 4.74 Å². The summed E-state index contributed by atoms with van der Waals surface area (Å²) in [5.74, 6) is 1.60. The molecule has 150 valence electrons. The van der Waals surface area contributed by atoms with E-state index in [9.17, 15) is 4.79 Å². The van der Waals surface area contributed by atoms with Crippen molar-refractivity contribution in [2.45, 2.75) is 37.2 Å². The maximum atomic E-state index is 12.9. The van der Waals surface area contributed by atoms with Crippen LogP contribution >= 0.6 is 11.8 Å². The van der Waals surface area contributed by atoms with Crippen molar-refractivity contribution in [2.24, 2.45) is 0 Å². The first-order chi connectivity index (χ1) is 14.1. The predicted molar refractivity (Wildman–Crippen MR) is 118 cm³/mol. The Bertz CT molecular complexity index is 978. The number of methoxy groups -OCH3 is 1. The van der Waals surface area contributed by atoms with Crippen LogP contribution in [0.3, 0.4) is 0 Å². The molecule has 0 amide bonds. The fraction of sp³-hybridized carbons (Fsp3) is 0.261. The van der Waals surface area contributed by atoms with Gasteiger partial charge in [0.15, 0.2) is 16.8 Å².